The molecule has 2 saturated heterocycles. The van der Waals surface area contributed by atoms with Crippen LogP contribution in [0.5, 0.6) is 0 Å². The number of ether oxygens (including phenoxy) is 2. The molecule has 0 aliphatic carbocycles. The van der Waals surface area contributed by atoms with Crippen molar-refractivity contribution in [2.45, 2.75) is 72.5 Å². The third-order valence-corrected chi connectivity index (χ3v) is 11.5. The Kier molecular flexibility index (Phi) is 9.77. The summed E-state index contributed by atoms with van der Waals surface area (Å²) in [6.45, 7) is -0.840. The lowest BCUT2D eigenvalue weighted by Crippen LogP contribution is -2.56. The van der Waals surface area contributed by atoms with Crippen LogP contribution >= 0.6 is 0 Å². The second kappa shape index (κ2) is 13.1. The topological polar surface area (TPSA) is 55.8 Å². The van der Waals surface area contributed by atoms with Gasteiger partial charge in [-0.05, 0) is 74.1 Å². The summed E-state index contributed by atoms with van der Waals surface area (Å²) >= 11 is 0. The number of sulfone groups is 1. The molecule has 0 radical (unpaired) electrons. The van der Waals surface area contributed by atoms with Crippen molar-refractivity contribution in [1.82, 2.24) is 4.90 Å². The fourth-order valence-electron chi connectivity index (χ4n) is 6.33. The predicted octanol–water partition coefficient (Wildman–Crippen LogP) is 7.93. The number of likely N-dealkylation sites (tertiary alicyclic amines) is 1. The molecular weight excluding hydrogens is 665 g/mol. The van der Waals surface area contributed by atoms with Gasteiger partial charge in [0, 0.05) is 30.8 Å². The van der Waals surface area contributed by atoms with Crippen molar-refractivity contribution in [2.24, 2.45) is 0 Å². The molecule has 3 aromatic carbocycles. The van der Waals surface area contributed by atoms with Crippen LogP contribution in [0.15, 0.2) is 71.6 Å². The Bertz CT molecular complexity index is 1610. The van der Waals surface area contributed by atoms with Gasteiger partial charge in [0.2, 0.25) is 0 Å². The molecular formula is C32H30F9NO4S. The van der Waals surface area contributed by atoms with E-state index in [9.17, 15) is 47.9 Å². The van der Waals surface area contributed by atoms with Crippen LogP contribution in [0.2, 0.25) is 0 Å². The minimum atomic E-state index is -6.17. The molecule has 2 heterocycles. The third-order valence-electron chi connectivity index (χ3n) is 8.92. The fourth-order valence-corrected chi connectivity index (χ4v) is 8.44. The largest absolute Gasteiger partial charge is 0.430 e. The van der Waals surface area contributed by atoms with E-state index < -0.39 is 67.7 Å². The van der Waals surface area contributed by atoms with Crippen molar-refractivity contribution in [3.8, 4) is 0 Å². The number of benzene rings is 3. The van der Waals surface area contributed by atoms with Gasteiger partial charge in [-0.1, -0.05) is 30.3 Å². The van der Waals surface area contributed by atoms with Crippen molar-refractivity contribution in [3.63, 3.8) is 0 Å². The van der Waals surface area contributed by atoms with Gasteiger partial charge in [0.05, 0.1) is 11.5 Å². The van der Waals surface area contributed by atoms with Crippen molar-refractivity contribution in [2.75, 3.05) is 19.7 Å². The molecule has 0 spiro atoms. The summed E-state index contributed by atoms with van der Waals surface area (Å²) in [4.78, 5) is 1.67. The summed E-state index contributed by atoms with van der Waals surface area (Å²) in [6.07, 6.45) is -10.3. The van der Waals surface area contributed by atoms with Crippen LogP contribution in [-0.4, -0.2) is 51.6 Å². The summed E-state index contributed by atoms with van der Waals surface area (Å²) in [7, 11) is -4.40. The zero-order valence-corrected chi connectivity index (χ0v) is 25.5. The highest BCUT2D eigenvalue weighted by molar-refractivity contribution is 7.92. The highest BCUT2D eigenvalue weighted by Crippen LogP contribution is 2.54. The Labute approximate surface area is 265 Å². The first kappa shape index (κ1) is 35.2. The van der Waals surface area contributed by atoms with E-state index in [1.54, 1.807) is 0 Å². The average Bonchev–Trinajstić information content (AvgIpc) is 3.02. The van der Waals surface area contributed by atoms with Gasteiger partial charge in [0.25, 0.3) is 5.60 Å². The lowest BCUT2D eigenvalue weighted by Gasteiger charge is -2.45. The monoisotopic (exact) mass is 695 g/mol. The fraction of sp³-hybridized carbons (Fsp3) is 0.438. The number of alkyl halides is 6. The summed E-state index contributed by atoms with van der Waals surface area (Å²) in [6, 6.07) is 8.83. The van der Waals surface area contributed by atoms with Gasteiger partial charge >= 0.3 is 12.4 Å². The molecule has 47 heavy (non-hydrogen) atoms. The lowest BCUT2D eigenvalue weighted by molar-refractivity contribution is -0.392. The SMILES string of the molecule is O=S(=O)(c1ccc(F)cc1)C1(c2ccc(C(OCc3c(F)cccc3F)(C(F)(F)F)C(F)(F)F)cc2)CCN(C2CCCCO2)CC1. The molecule has 5 rings (SSSR count). The van der Waals surface area contributed by atoms with Gasteiger partial charge in [-0.2, -0.15) is 26.3 Å². The number of hydrogen-bond acceptors (Lipinski definition) is 5. The number of nitrogens with zero attached hydrogens (tertiary/aromatic N) is 1. The molecule has 0 bridgehead atoms. The molecule has 0 N–H and O–H groups in total. The number of rotatable bonds is 8. The number of halogens is 9. The Morgan fingerprint density at radius 3 is 1.89 bits per heavy atom. The first-order valence-corrected chi connectivity index (χ1v) is 16.2. The van der Waals surface area contributed by atoms with E-state index in [-0.39, 0.29) is 42.6 Å². The second-order valence-electron chi connectivity index (χ2n) is 11.6. The standard InChI is InChI=1S/C32H30F9NO4S/c33-23-11-13-24(14-12-23)47(43,44)29(15-17-42(18-16-29)28-6-1-2-19-45-28)21-7-9-22(10-8-21)30(31(36,37)38,32(39,40)41)46-20-25-26(34)4-3-5-27(25)35/h3-5,7-14,28H,1-2,6,15-20H2. The molecule has 256 valence electrons. The average molecular weight is 696 g/mol. The summed E-state index contributed by atoms with van der Waals surface area (Å²) in [5.74, 6) is -3.52. The Morgan fingerprint density at radius 1 is 0.809 bits per heavy atom. The van der Waals surface area contributed by atoms with Crippen LogP contribution in [0.25, 0.3) is 0 Å². The highest BCUT2D eigenvalue weighted by atomic mass is 32.2. The molecule has 2 aliphatic heterocycles. The van der Waals surface area contributed by atoms with E-state index >= 15 is 0 Å². The van der Waals surface area contributed by atoms with E-state index in [0.717, 1.165) is 55.3 Å². The predicted molar refractivity (Wildman–Crippen MR) is 151 cm³/mol. The van der Waals surface area contributed by atoms with Gasteiger partial charge in [-0.15, -0.1) is 0 Å². The molecule has 0 saturated carbocycles. The third kappa shape index (κ3) is 6.39. The van der Waals surface area contributed by atoms with Crippen LogP contribution < -0.4 is 0 Å². The summed E-state index contributed by atoms with van der Waals surface area (Å²) in [5, 5.41) is 0. The van der Waals surface area contributed by atoms with E-state index in [0.29, 0.717) is 37.3 Å². The minimum Gasteiger partial charge on any atom is -0.363 e. The van der Waals surface area contributed by atoms with Crippen LogP contribution in [0, 0.1) is 17.5 Å². The molecule has 2 fully saturated rings. The van der Waals surface area contributed by atoms with Crippen molar-refractivity contribution < 1.29 is 57.4 Å². The number of piperidine rings is 1. The minimum absolute atomic E-state index is 0.0896. The summed E-state index contributed by atoms with van der Waals surface area (Å²) in [5.41, 5.74) is -7.73. The first-order chi connectivity index (χ1) is 22.0. The van der Waals surface area contributed by atoms with E-state index in [1.165, 1.54) is 0 Å². The normalized spacial score (nSPS) is 19.9. The molecule has 1 unspecified atom stereocenters. The van der Waals surface area contributed by atoms with Crippen molar-refractivity contribution >= 4 is 9.84 Å². The van der Waals surface area contributed by atoms with E-state index in [4.69, 9.17) is 4.74 Å². The molecule has 1 atom stereocenters. The van der Waals surface area contributed by atoms with Crippen molar-refractivity contribution in [3.05, 3.63) is 101 Å². The maximum atomic E-state index is 14.5. The van der Waals surface area contributed by atoms with Crippen LogP contribution in [0.1, 0.15) is 48.8 Å². The van der Waals surface area contributed by atoms with E-state index in [2.05, 4.69) is 4.74 Å². The maximum Gasteiger partial charge on any atom is 0.430 e. The molecule has 0 aromatic heterocycles. The van der Waals surface area contributed by atoms with Crippen LogP contribution in [0.4, 0.5) is 39.5 Å². The van der Waals surface area contributed by atoms with Crippen LogP contribution in [0.3, 0.4) is 0 Å². The molecule has 2 aliphatic rings. The zero-order valence-electron chi connectivity index (χ0n) is 24.7. The van der Waals surface area contributed by atoms with Gasteiger partial charge < -0.3 is 9.47 Å². The molecule has 5 nitrogen and oxygen atoms in total. The molecule has 0 amide bonds. The maximum absolute atomic E-state index is 14.5. The van der Waals surface area contributed by atoms with Crippen molar-refractivity contribution in [1.29, 1.82) is 0 Å². The second-order valence-corrected chi connectivity index (χ2v) is 13.8. The lowest BCUT2D eigenvalue weighted by atomic mass is 9.85. The number of hydrogen-bond donors (Lipinski definition) is 0. The molecule has 3 aromatic rings. The zero-order chi connectivity index (χ0) is 34.3. The van der Waals surface area contributed by atoms with Gasteiger partial charge in [0.15, 0.2) is 9.84 Å². The Balaban J connectivity index is 1.57. The molecule has 15 heteroatoms. The highest BCUT2D eigenvalue weighted by Gasteiger charge is 2.73. The van der Waals surface area contributed by atoms with Gasteiger partial charge in [-0.3, -0.25) is 4.90 Å². The Hall–Kier alpha value is -3.14. The van der Waals surface area contributed by atoms with E-state index in [1.807, 2.05) is 4.90 Å². The quantitative estimate of drug-likeness (QED) is 0.177. The summed E-state index contributed by atoms with van der Waals surface area (Å²) < 4.78 is 166. The first-order valence-electron chi connectivity index (χ1n) is 14.7. The van der Waals surface area contributed by atoms with Gasteiger partial charge in [0.1, 0.15) is 28.4 Å². The Morgan fingerprint density at radius 2 is 1.38 bits per heavy atom. The van der Waals surface area contributed by atoms with Crippen LogP contribution in [-0.2, 0) is 36.3 Å². The smallest absolute Gasteiger partial charge is 0.363 e. The van der Waals surface area contributed by atoms with Gasteiger partial charge in [-0.25, -0.2) is 21.6 Å².